The van der Waals surface area contributed by atoms with E-state index in [9.17, 15) is 0 Å². The van der Waals surface area contributed by atoms with Gasteiger partial charge in [0.15, 0.2) is 0 Å². The topological polar surface area (TPSA) is 18.5 Å². The molecule has 2 aliphatic rings. The van der Waals surface area contributed by atoms with Gasteiger partial charge in [0.2, 0.25) is 0 Å². The highest BCUT2D eigenvalue weighted by atomic mass is 32.4. The smallest absolute Gasteiger partial charge is 0.144 e. The van der Waals surface area contributed by atoms with Crippen molar-refractivity contribution in [1.29, 1.82) is 0 Å². The third kappa shape index (κ3) is 2.91. The molecule has 2 aliphatic heterocycles. The molecule has 4 heteroatoms. The molecule has 0 aromatic heterocycles. The van der Waals surface area contributed by atoms with E-state index in [2.05, 4.69) is 115 Å². The predicted molar refractivity (Wildman–Crippen MR) is 171 cm³/mol. The molecule has 0 bridgehead atoms. The molecule has 0 spiro atoms. The first-order chi connectivity index (χ1) is 19.7. The van der Waals surface area contributed by atoms with E-state index in [1.807, 2.05) is 12.1 Å². The number of ether oxygens (including phenoxy) is 2. The van der Waals surface area contributed by atoms with Gasteiger partial charge < -0.3 is 9.47 Å². The fraction of sp³-hybridized carbons (Fsp3) is 0. The summed E-state index contributed by atoms with van der Waals surface area (Å²) in [5.41, 5.74) is 2.21. The summed E-state index contributed by atoms with van der Waals surface area (Å²) >= 11 is 6.77. The molecule has 0 radical (unpaired) electrons. The Kier molecular flexibility index (Phi) is 4.51. The maximum absolute atomic E-state index is 6.86. The lowest BCUT2D eigenvalue weighted by molar-refractivity contribution is 0.469. The lowest BCUT2D eigenvalue weighted by Gasteiger charge is -2.38. The zero-order valence-corrected chi connectivity index (χ0v) is 23.0. The molecule has 2 heterocycles. The van der Waals surface area contributed by atoms with E-state index in [1.54, 1.807) is 0 Å². The number of fused-ring (bicyclic) bond motifs is 9. The third-order valence-electron chi connectivity index (χ3n) is 8.27. The Morgan fingerprint density at radius 3 is 1.98 bits per heavy atom. The van der Waals surface area contributed by atoms with Crippen LogP contribution in [0.3, 0.4) is 0 Å². The first kappa shape index (κ1) is 22.4. The molecule has 0 saturated heterocycles. The maximum atomic E-state index is 6.86. The van der Waals surface area contributed by atoms with Crippen LogP contribution in [-0.4, -0.2) is 0 Å². The van der Waals surface area contributed by atoms with Gasteiger partial charge in [-0.3, -0.25) is 0 Å². The minimum absolute atomic E-state index is 0.797. The van der Waals surface area contributed by atoms with Crippen molar-refractivity contribution in [2.75, 3.05) is 0 Å². The molecule has 2 nitrogen and oxygen atoms in total. The van der Waals surface area contributed by atoms with Gasteiger partial charge in [0.1, 0.15) is 23.0 Å². The number of hydrogen-bond donors (Lipinski definition) is 0. The van der Waals surface area contributed by atoms with Crippen molar-refractivity contribution in [2.45, 2.75) is 0 Å². The summed E-state index contributed by atoms with van der Waals surface area (Å²) < 4.78 is 13.5. The fourth-order valence-electron chi connectivity index (χ4n) is 6.49. The summed E-state index contributed by atoms with van der Waals surface area (Å²) in [6.45, 7) is 0. The lowest BCUT2D eigenvalue weighted by Crippen LogP contribution is -2.35. The minimum Gasteiger partial charge on any atom is -0.456 e. The van der Waals surface area contributed by atoms with Gasteiger partial charge >= 0.3 is 0 Å². The summed E-state index contributed by atoms with van der Waals surface area (Å²) in [7, 11) is 0. The largest absolute Gasteiger partial charge is 0.456 e. The van der Waals surface area contributed by atoms with Crippen molar-refractivity contribution < 1.29 is 9.47 Å². The second kappa shape index (κ2) is 8.05. The quantitative estimate of drug-likeness (QED) is 0.151. The Balaban J connectivity index is 1.39. The molecule has 0 amide bonds. The van der Waals surface area contributed by atoms with Gasteiger partial charge in [-0.2, -0.15) is 0 Å². The average molecular weight is 549 g/mol. The number of hydrogen-bond acceptors (Lipinski definition) is 3. The molecule has 188 valence electrons. The molecule has 40 heavy (non-hydrogen) atoms. The van der Waals surface area contributed by atoms with Crippen LogP contribution in [0.15, 0.2) is 127 Å². The summed E-state index contributed by atoms with van der Waals surface area (Å²) in [5.74, 6) is 3.31. The molecule has 9 rings (SSSR count). The second-order valence-electron chi connectivity index (χ2n) is 10.4. The second-order valence-corrected chi connectivity index (χ2v) is 14.7. The van der Waals surface area contributed by atoms with Crippen LogP contribution in [0.25, 0.3) is 43.4 Å². The van der Waals surface area contributed by atoms with Crippen LogP contribution < -0.4 is 25.4 Å². The summed E-state index contributed by atoms with van der Waals surface area (Å²) in [6, 6.07) is 42.4. The van der Waals surface area contributed by atoms with Crippen molar-refractivity contribution in [3.63, 3.8) is 0 Å². The van der Waals surface area contributed by atoms with Crippen LogP contribution in [0.2, 0.25) is 0 Å². The van der Waals surface area contributed by atoms with Gasteiger partial charge in [0, 0.05) is 16.0 Å². The molecule has 0 fully saturated rings. The first-order valence-corrected chi connectivity index (χ1v) is 16.2. The highest BCUT2D eigenvalue weighted by molar-refractivity contribution is 8.26. The first-order valence-electron chi connectivity index (χ1n) is 13.4. The summed E-state index contributed by atoms with van der Waals surface area (Å²) in [5, 5.41) is 10.3. The van der Waals surface area contributed by atoms with Gasteiger partial charge in [-0.05, 0) is 74.5 Å². The number of para-hydroxylation sites is 1. The highest BCUT2D eigenvalue weighted by Gasteiger charge is 2.43. The van der Waals surface area contributed by atoms with Crippen LogP contribution in [0.5, 0.6) is 23.0 Å². The van der Waals surface area contributed by atoms with E-state index in [4.69, 9.17) is 21.3 Å². The molecule has 0 aliphatic carbocycles. The van der Waals surface area contributed by atoms with Crippen molar-refractivity contribution in [1.82, 2.24) is 0 Å². The van der Waals surface area contributed by atoms with E-state index >= 15 is 0 Å². The predicted octanol–water partition coefficient (Wildman–Crippen LogP) is 8.78. The Morgan fingerprint density at radius 2 is 1.12 bits per heavy atom. The third-order valence-corrected chi connectivity index (χ3v) is 13.1. The standard InChI is InChI=1S/C36H21O2PS/c40-39-33-16-8-7-15-30(33)37-31-20-24(29-19-23-10-2-3-11-25(23)27-13-5-6-14-28(27)29)21-32(36(31)39)38-35-26-12-4-1-9-22(26)17-18-34(35)39/h1-21H. The van der Waals surface area contributed by atoms with Gasteiger partial charge in [-0.1, -0.05) is 103 Å². The normalized spacial score (nSPS) is 16.6. The molecule has 1 atom stereocenters. The molecule has 1 unspecified atom stereocenters. The van der Waals surface area contributed by atoms with Crippen LogP contribution in [0.1, 0.15) is 0 Å². The van der Waals surface area contributed by atoms with Crippen LogP contribution in [-0.2, 0) is 11.8 Å². The highest BCUT2D eigenvalue weighted by Crippen LogP contribution is 2.60. The van der Waals surface area contributed by atoms with E-state index < -0.39 is 6.04 Å². The summed E-state index contributed by atoms with van der Waals surface area (Å²) in [4.78, 5) is 0. The van der Waals surface area contributed by atoms with Crippen molar-refractivity contribution in [3.8, 4) is 34.1 Å². The monoisotopic (exact) mass is 548 g/mol. The SMILES string of the molecule is S=P12c3ccccc3Oc3cc(-c4cc5ccccc5c5ccccc45)cc(c31)Oc1c2ccc2ccccc12. The number of benzene rings is 7. The Bertz CT molecular complexity index is 2270. The van der Waals surface area contributed by atoms with E-state index in [1.165, 1.54) is 21.5 Å². The zero-order valence-electron chi connectivity index (χ0n) is 21.3. The van der Waals surface area contributed by atoms with E-state index in [0.717, 1.165) is 60.8 Å². The lowest BCUT2D eigenvalue weighted by atomic mass is 9.93. The van der Waals surface area contributed by atoms with Gasteiger partial charge in [0.25, 0.3) is 0 Å². The van der Waals surface area contributed by atoms with Gasteiger partial charge in [0.05, 0.1) is 11.3 Å². The van der Waals surface area contributed by atoms with Crippen LogP contribution >= 0.6 is 6.04 Å². The molecular formula is C36H21O2PS. The van der Waals surface area contributed by atoms with Crippen LogP contribution in [0.4, 0.5) is 0 Å². The molecule has 7 aromatic rings. The average Bonchev–Trinajstić information content (AvgIpc) is 3.00. The molecular weight excluding hydrogens is 527 g/mol. The Morgan fingerprint density at radius 1 is 0.475 bits per heavy atom. The van der Waals surface area contributed by atoms with Gasteiger partial charge in [-0.25, -0.2) is 0 Å². The summed E-state index contributed by atoms with van der Waals surface area (Å²) in [6.07, 6.45) is 0. The number of rotatable bonds is 1. The van der Waals surface area contributed by atoms with E-state index in [-0.39, 0.29) is 0 Å². The maximum Gasteiger partial charge on any atom is 0.144 e. The van der Waals surface area contributed by atoms with Crippen LogP contribution in [0, 0.1) is 0 Å². The van der Waals surface area contributed by atoms with Gasteiger partial charge in [-0.15, -0.1) is 0 Å². The van der Waals surface area contributed by atoms with E-state index in [0.29, 0.717) is 0 Å². The minimum atomic E-state index is -2.43. The molecule has 0 saturated carbocycles. The zero-order chi connectivity index (χ0) is 26.4. The Hall–Kier alpha value is -4.43. The molecule has 7 aromatic carbocycles. The fourth-order valence-corrected chi connectivity index (χ4v) is 11.0. The van der Waals surface area contributed by atoms with Crippen molar-refractivity contribution in [3.05, 3.63) is 127 Å². The Labute approximate surface area is 236 Å². The van der Waals surface area contributed by atoms with Crippen molar-refractivity contribution in [2.24, 2.45) is 0 Å². The molecule has 0 N–H and O–H groups in total. The van der Waals surface area contributed by atoms with Crippen molar-refractivity contribution >= 4 is 66.1 Å².